The van der Waals surface area contributed by atoms with Crippen molar-refractivity contribution in [1.82, 2.24) is 15.3 Å². The minimum atomic E-state index is 0.484. The maximum Gasteiger partial charge on any atom is 0.225 e. The van der Waals surface area contributed by atoms with E-state index in [9.17, 15) is 0 Å². The minimum Gasteiger partial charge on any atom is -0.338 e. The van der Waals surface area contributed by atoms with Crippen LogP contribution >= 0.6 is 0 Å². The first-order valence-electron chi connectivity index (χ1n) is 8.30. The van der Waals surface area contributed by atoms with Gasteiger partial charge in [-0.25, -0.2) is 9.97 Å². The Hall–Kier alpha value is -1.16. The molecule has 2 rings (SSSR count). The molecule has 1 N–H and O–H groups in total. The first-order chi connectivity index (χ1) is 9.97. The first-order valence-corrected chi connectivity index (χ1v) is 8.30. The third kappa shape index (κ3) is 4.95. The van der Waals surface area contributed by atoms with Crippen LogP contribution in [0.4, 0.5) is 5.95 Å². The van der Waals surface area contributed by atoms with Gasteiger partial charge in [-0.2, -0.15) is 0 Å². The van der Waals surface area contributed by atoms with Gasteiger partial charge in [-0.15, -0.1) is 0 Å². The van der Waals surface area contributed by atoms with Gasteiger partial charge in [0.15, 0.2) is 0 Å². The maximum absolute atomic E-state index is 4.77. The number of nitrogens with zero attached hydrogens (tertiary/aromatic N) is 3. The molecule has 21 heavy (non-hydrogen) atoms. The second kappa shape index (κ2) is 7.21. The topological polar surface area (TPSA) is 41.1 Å². The summed E-state index contributed by atoms with van der Waals surface area (Å²) >= 11 is 0. The molecule has 1 aliphatic carbocycles. The molecule has 1 aromatic heterocycles. The molecule has 0 radical (unpaired) electrons. The molecule has 4 heteroatoms. The lowest BCUT2D eigenvalue weighted by Crippen LogP contribution is -2.30. The number of aryl methyl sites for hydroxylation is 1. The standard InChI is InChI=1S/C17H30N4/c1-12(2)8-9-21(16-6-7-16)17-19-11-15(14(5)20-17)10-18-13(3)4/h11-13,16,18H,6-10H2,1-5H3. The van der Waals surface area contributed by atoms with Crippen LogP contribution in [-0.2, 0) is 6.54 Å². The summed E-state index contributed by atoms with van der Waals surface area (Å²) in [5.41, 5.74) is 2.30. The molecule has 1 aromatic rings. The van der Waals surface area contributed by atoms with Crippen LogP contribution in [0.1, 0.15) is 58.2 Å². The van der Waals surface area contributed by atoms with Gasteiger partial charge in [0.2, 0.25) is 5.95 Å². The fourth-order valence-electron chi connectivity index (χ4n) is 2.34. The SMILES string of the molecule is Cc1nc(N(CCC(C)C)C2CC2)ncc1CNC(C)C. The van der Waals surface area contributed by atoms with E-state index in [-0.39, 0.29) is 0 Å². The largest absolute Gasteiger partial charge is 0.338 e. The van der Waals surface area contributed by atoms with Gasteiger partial charge < -0.3 is 10.2 Å². The average molecular weight is 290 g/mol. The van der Waals surface area contributed by atoms with E-state index >= 15 is 0 Å². The predicted octanol–water partition coefficient (Wildman–Crippen LogP) is 3.30. The molecule has 0 aromatic carbocycles. The van der Waals surface area contributed by atoms with E-state index in [1.54, 1.807) is 0 Å². The molecular weight excluding hydrogens is 260 g/mol. The smallest absolute Gasteiger partial charge is 0.225 e. The normalized spacial score (nSPS) is 15.0. The van der Waals surface area contributed by atoms with Crippen LogP contribution in [0.3, 0.4) is 0 Å². The number of nitrogens with one attached hydrogen (secondary N) is 1. The average Bonchev–Trinajstić information content (AvgIpc) is 3.22. The maximum atomic E-state index is 4.77. The highest BCUT2D eigenvalue weighted by atomic mass is 15.3. The van der Waals surface area contributed by atoms with Gasteiger partial charge in [0, 0.05) is 42.6 Å². The van der Waals surface area contributed by atoms with Gasteiger partial charge in [-0.1, -0.05) is 27.7 Å². The summed E-state index contributed by atoms with van der Waals surface area (Å²) in [7, 11) is 0. The van der Waals surface area contributed by atoms with Crippen LogP contribution in [0, 0.1) is 12.8 Å². The third-order valence-electron chi connectivity index (χ3n) is 3.96. The number of aromatic nitrogens is 2. The van der Waals surface area contributed by atoms with Gasteiger partial charge >= 0.3 is 0 Å². The summed E-state index contributed by atoms with van der Waals surface area (Å²) < 4.78 is 0. The molecule has 0 unspecified atom stereocenters. The summed E-state index contributed by atoms with van der Waals surface area (Å²) in [6.45, 7) is 12.9. The van der Waals surface area contributed by atoms with E-state index in [1.807, 2.05) is 6.20 Å². The number of rotatable bonds is 8. The van der Waals surface area contributed by atoms with Crippen molar-refractivity contribution >= 4 is 5.95 Å². The summed E-state index contributed by atoms with van der Waals surface area (Å²) in [5.74, 6) is 1.64. The number of anilines is 1. The highest BCUT2D eigenvalue weighted by Crippen LogP contribution is 2.30. The van der Waals surface area contributed by atoms with Crippen LogP contribution in [0.2, 0.25) is 0 Å². The van der Waals surface area contributed by atoms with E-state index < -0.39 is 0 Å². The van der Waals surface area contributed by atoms with Gasteiger partial charge in [-0.05, 0) is 32.1 Å². The highest BCUT2D eigenvalue weighted by Gasteiger charge is 2.30. The fraction of sp³-hybridized carbons (Fsp3) is 0.765. The van der Waals surface area contributed by atoms with E-state index in [4.69, 9.17) is 4.98 Å². The highest BCUT2D eigenvalue weighted by molar-refractivity contribution is 5.36. The molecule has 0 saturated heterocycles. The lowest BCUT2D eigenvalue weighted by Gasteiger charge is -2.24. The third-order valence-corrected chi connectivity index (χ3v) is 3.96. The molecule has 4 nitrogen and oxygen atoms in total. The van der Waals surface area contributed by atoms with Gasteiger partial charge in [0.05, 0.1) is 0 Å². The van der Waals surface area contributed by atoms with E-state index in [2.05, 4.69) is 49.8 Å². The second-order valence-corrected chi connectivity index (χ2v) is 6.92. The lowest BCUT2D eigenvalue weighted by atomic mass is 10.1. The van der Waals surface area contributed by atoms with Gasteiger partial charge in [-0.3, -0.25) is 0 Å². The molecule has 0 atom stereocenters. The Kier molecular flexibility index (Phi) is 5.57. The molecule has 1 heterocycles. The molecular formula is C17H30N4. The fourth-order valence-corrected chi connectivity index (χ4v) is 2.34. The lowest BCUT2D eigenvalue weighted by molar-refractivity contribution is 0.563. The quantitative estimate of drug-likeness (QED) is 0.797. The molecule has 1 saturated carbocycles. The van der Waals surface area contributed by atoms with Crippen LogP contribution in [-0.4, -0.2) is 28.6 Å². The van der Waals surface area contributed by atoms with Crippen molar-refractivity contribution < 1.29 is 0 Å². The predicted molar refractivity (Wildman–Crippen MR) is 88.6 cm³/mol. The Morgan fingerprint density at radius 3 is 2.52 bits per heavy atom. The first kappa shape index (κ1) is 16.2. The van der Waals surface area contributed by atoms with Crippen molar-refractivity contribution in [2.45, 2.75) is 72.5 Å². The zero-order valence-electron chi connectivity index (χ0n) is 14.2. The van der Waals surface area contributed by atoms with E-state index in [0.29, 0.717) is 12.1 Å². The van der Waals surface area contributed by atoms with Crippen LogP contribution in [0.25, 0.3) is 0 Å². The Labute approximate surface area is 129 Å². The van der Waals surface area contributed by atoms with E-state index in [1.165, 1.54) is 24.8 Å². The zero-order chi connectivity index (χ0) is 15.4. The Balaban J connectivity index is 2.05. The molecule has 0 spiro atoms. The summed E-state index contributed by atoms with van der Waals surface area (Å²) in [6, 6.07) is 1.15. The van der Waals surface area contributed by atoms with Crippen molar-refractivity contribution in [2.75, 3.05) is 11.4 Å². The van der Waals surface area contributed by atoms with Crippen LogP contribution in [0.5, 0.6) is 0 Å². The summed E-state index contributed by atoms with van der Waals surface area (Å²) in [5, 5.41) is 3.43. The summed E-state index contributed by atoms with van der Waals surface area (Å²) in [6.07, 6.45) is 5.78. The van der Waals surface area contributed by atoms with Crippen molar-refractivity contribution in [1.29, 1.82) is 0 Å². The van der Waals surface area contributed by atoms with Crippen molar-refractivity contribution in [3.8, 4) is 0 Å². The van der Waals surface area contributed by atoms with Gasteiger partial charge in [0.1, 0.15) is 0 Å². The monoisotopic (exact) mass is 290 g/mol. The number of hydrogen-bond donors (Lipinski definition) is 1. The summed E-state index contributed by atoms with van der Waals surface area (Å²) in [4.78, 5) is 11.8. The van der Waals surface area contributed by atoms with Crippen LogP contribution < -0.4 is 10.2 Å². The number of hydrogen-bond acceptors (Lipinski definition) is 4. The zero-order valence-corrected chi connectivity index (χ0v) is 14.2. The Bertz CT molecular complexity index is 452. The Morgan fingerprint density at radius 1 is 1.29 bits per heavy atom. The molecule has 0 bridgehead atoms. The molecule has 0 aliphatic heterocycles. The van der Waals surface area contributed by atoms with Crippen LogP contribution in [0.15, 0.2) is 6.20 Å². The second-order valence-electron chi connectivity index (χ2n) is 6.92. The Morgan fingerprint density at radius 2 is 2.00 bits per heavy atom. The minimum absolute atomic E-state index is 0.484. The van der Waals surface area contributed by atoms with Crippen molar-refractivity contribution in [3.05, 3.63) is 17.5 Å². The molecule has 0 amide bonds. The molecule has 1 fully saturated rings. The van der Waals surface area contributed by atoms with Gasteiger partial charge in [0.25, 0.3) is 0 Å². The molecule has 118 valence electrons. The van der Waals surface area contributed by atoms with Crippen molar-refractivity contribution in [3.63, 3.8) is 0 Å². The molecule has 1 aliphatic rings. The van der Waals surface area contributed by atoms with E-state index in [0.717, 1.165) is 30.6 Å². The van der Waals surface area contributed by atoms with Crippen molar-refractivity contribution in [2.24, 2.45) is 5.92 Å².